The summed E-state index contributed by atoms with van der Waals surface area (Å²) in [4.78, 5) is 10.3. The van der Waals surface area contributed by atoms with Crippen LogP contribution in [-0.4, -0.2) is 11.1 Å². The molecule has 0 rings (SSSR count). The quantitative estimate of drug-likeness (QED) is 0.464. The van der Waals surface area contributed by atoms with E-state index in [1.807, 2.05) is 0 Å². The number of halogens is 1. The minimum atomic E-state index is -0.763. The highest BCUT2D eigenvalue weighted by atomic mass is 35.5. The smallest absolute Gasteiger partial charge is 0.303 e. The lowest BCUT2D eigenvalue weighted by molar-refractivity contribution is -0.137. The van der Waals surface area contributed by atoms with Crippen molar-refractivity contribution in [3.63, 3.8) is 0 Å². The second-order valence-electron chi connectivity index (χ2n) is 5.18. The van der Waals surface area contributed by atoms with Gasteiger partial charge in [-0.15, -0.1) is 24.2 Å². The number of rotatable bonds is 9. The van der Waals surface area contributed by atoms with Gasteiger partial charge < -0.3 is 5.11 Å². The third kappa shape index (κ3) is 22.9. The van der Waals surface area contributed by atoms with Gasteiger partial charge in [-0.2, -0.15) is 0 Å². The Hall–Kier alpha value is -1.56. The van der Waals surface area contributed by atoms with E-state index in [9.17, 15) is 4.79 Å². The Kier molecular flexibility index (Phi) is 21.1. The largest absolute Gasteiger partial charge is 0.481 e. The van der Waals surface area contributed by atoms with Crippen LogP contribution in [-0.2, 0) is 4.79 Å². The van der Waals surface area contributed by atoms with Crippen LogP contribution in [0, 0.1) is 35.5 Å². The van der Waals surface area contributed by atoms with E-state index in [4.69, 9.17) is 5.11 Å². The maximum atomic E-state index is 10.3. The van der Waals surface area contributed by atoms with Crippen LogP contribution in [0.2, 0.25) is 0 Å². The van der Waals surface area contributed by atoms with Gasteiger partial charge in [0, 0.05) is 19.3 Å². The lowest BCUT2D eigenvalue weighted by Crippen LogP contribution is -1.92. The number of unbranched alkanes of at least 4 members (excludes halogenated alkanes) is 7. The fourth-order valence-corrected chi connectivity index (χ4v) is 1.84. The molecule has 0 unspecified atom stereocenters. The van der Waals surface area contributed by atoms with E-state index in [0.29, 0.717) is 25.7 Å². The van der Waals surface area contributed by atoms with Gasteiger partial charge in [0.05, 0.1) is 12.8 Å². The van der Waals surface area contributed by atoms with Gasteiger partial charge in [0.1, 0.15) is 0 Å². The van der Waals surface area contributed by atoms with Crippen LogP contribution >= 0.6 is 12.4 Å². The van der Waals surface area contributed by atoms with Crippen LogP contribution in [0.25, 0.3) is 0 Å². The van der Waals surface area contributed by atoms with Gasteiger partial charge in [-0.05, 0) is 12.8 Å². The van der Waals surface area contributed by atoms with E-state index < -0.39 is 5.97 Å². The molecule has 2 nitrogen and oxygen atoms in total. The minimum absolute atomic E-state index is 0. The van der Waals surface area contributed by atoms with Gasteiger partial charge in [0.25, 0.3) is 0 Å². The maximum Gasteiger partial charge on any atom is 0.303 e. The zero-order valence-corrected chi connectivity index (χ0v) is 15.1. The molecule has 1 N–H and O–H groups in total. The third-order valence-electron chi connectivity index (χ3n) is 3.08. The van der Waals surface area contributed by atoms with Crippen LogP contribution in [0.15, 0.2) is 0 Å². The van der Waals surface area contributed by atoms with E-state index >= 15 is 0 Å². The molecule has 0 amide bonds. The normalized spacial score (nSPS) is 8.39. The van der Waals surface area contributed by atoms with Crippen molar-refractivity contribution in [1.29, 1.82) is 0 Å². The Morgan fingerprint density at radius 2 is 1.22 bits per heavy atom. The van der Waals surface area contributed by atoms with Crippen molar-refractivity contribution in [2.75, 3.05) is 0 Å². The van der Waals surface area contributed by atoms with Crippen molar-refractivity contribution in [3.8, 4) is 35.5 Å². The summed E-state index contributed by atoms with van der Waals surface area (Å²) in [5.74, 6) is 17.3. The Morgan fingerprint density at radius 1 is 0.739 bits per heavy atom. The molecule has 3 heteroatoms. The molecule has 0 aromatic rings. The summed E-state index contributed by atoms with van der Waals surface area (Å²) in [6.07, 6.45) is 11.4. The Morgan fingerprint density at radius 3 is 1.78 bits per heavy atom. The molecular weight excluding hydrogens is 308 g/mol. The molecule has 0 bridgehead atoms. The lowest BCUT2D eigenvalue weighted by atomic mass is 10.1. The molecule has 0 saturated heterocycles. The fourth-order valence-electron chi connectivity index (χ4n) is 1.84. The number of aliphatic carboxylic acids is 1. The highest BCUT2D eigenvalue weighted by Gasteiger charge is 1.92. The minimum Gasteiger partial charge on any atom is -0.481 e. The average molecular weight is 337 g/mol. The first-order chi connectivity index (χ1) is 10.8. The van der Waals surface area contributed by atoms with Crippen molar-refractivity contribution < 1.29 is 9.90 Å². The first kappa shape index (κ1) is 23.7. The molecule has 0 aromatic carbocycles. The monoisotopic (exact) mass is 336 g/mol. The highest BCUT2D eigenvalue weighted by molar-refractivity contribution is 5.85. The summed E-state index contributed by atoms with van der Waals surface area (Å²) < 4.78 is 0. The molecule has 0 heterocycles. The van der Waals surface area contributed by atoms with Gasteiger partial charge >= 0.3 is 5.97 Å². The predicted molar refractivity (Wildman–Crippen MR) is 99.3 cm³/mol. The lowest BCUT2D eigenvalue weighted by Gasteiger charge is -1.96. The first-order valence-electron chi connectivity index (χ1n) is 8.36. The zero-order chi connectivity index (χ0) is 16.3. The molecule has 0 aliphatic carbocycles. The molecule has 0 aromatic heterocycles. The van der Waals surface area contributed by atoms with E-state index in [0.717, 1.165) is 6.42 Å². The van der Waals surface area contributed by atoms with Crippen LogP contribution in [0.1, 0.15) is 84.0 Å². The van der Waals surface area contributed by atoms with Crippen LogP contribution in [0.3, 0.4) is 0 Å². The van der Waals surface area contributed by atoms with Gasteiger partial charge in [-0.25, -0.2) is 0 Å². The summed E-state index contributed by atoms with van der Waals surface area (Å²) in [6, 6.07) is 0. The third-order valence-corrected chi connectivity index (χ3v) is 3.08. The molecule has 128 valence electrons. The van der Waals surface area contributed by atoms with Crippen molar-refractivity contribution >= 4 is 18.4 Å². The van der Waals surface area contributed by atoms with Crippen molar-refractivity contribution in [2.24, 2.45) is 0 Å². The van der Waals surface area contributed by atoms with Gasteiger partial charge in [-0.3, -0.25) is 4.79 Å². The highest BCUT2D eigenvalue weighted by Crippen LogP contribution is 2.06. The summed E-state index contributed by atoms with van der Waals surface area (Å²) in [6.45, 7) is 2.23. The van der Waals surface area contributed by atoms with Gasteiger partial charge in [0.15, 0.2) is 0 Å². The molecule has 0 aliphatic heterocycles. The van der Waals surface area contributed by atoms with E-state index in [1.165, 1.54) is 38.5 Å². The second kappa shape index (κ2) is 20.4. The maximum absolute atomic E-state index is 10.3. The second-order valence-corrected chi connectivity index (χ2v) is 5.18. The number of hydrogen-bond acceptors (Lipinski definition) is 1. The van der Waals surface area contributed by atoms with E-state index in [-0.39, 0.29) is 18.8 Å². The molecule has 23 heavy (non-hydrogen) atoms. The molecule has 0 radical (unpaired) electrons. The van der Waals surface area contributed by atoms with E-state index in [1.54, 1.807) is 0 Å². The van der Waals surface area contributed by atoms with Crippen molar-refractivity contribution in [1.82, 2.24) is 0 Å². The van der Waals surface area contributed by atoms with Crippen LogP contribution in [0.5, 0.6) is 0 Å². The average Bonchev–Trinajstić information content (AvgIpc) is 2.50. The van der Waals surface area contributed by atoms with Crippen LogP contribution < -0.4 is 0 Å². The molecule has 0 aliphatic rings. The summed E-state index contributed by atoms with van der Waals surface area (Å²) in [5, 5.41) is 8.46. The van der Waals surface area contributed by atoms with Crippen LogP contribution in [0.4, 0.5) is 0 Å². The number of carboxylic acid groups (broad SMARTS) is 1. The van der Waals surface area contributed by atoms with Crippen molar-refractivity contribution in [3.05, 3.63) is 0 Å². The Labute approximate surface area is 148 Å². The SMILES string of the molecule is CCCCCCCCC#CCC#CCC#CCCCC(=O)O.Cl. The predicted octanol–water partition coefficient (Wildman–Crippen LogP) is 5.20. The number of carboxylic acids is 1. The number of carbonyl (C=O) groups is 1. The Bertz CT molecular complexity index is 463. The molecule has 0 fully saturated rings. The summed E-state index contributed by atoms with van der Waals surface area (Å²) >= 11 is 0. The summed E-state index contributed by atoms with van der Waals surface area (Å²) in [7, 11) is 0. The standard InChI is InChI=1S/C20H28O2.ClH/c1-2-3-4-5-6-7-8-9-10-11-12-13-14-15-16-17-18-19-20(21)22;/h2-8,11,14,17-19H2,1H3,(H,21,22);1H. The Balaban J connectivity index is 0. The van der Waals surface area contributed by atoms with Gasteiger partial charge in [-0.1, -0.05) is 62.7 Å². The first-order valence-corrected chi connectivity index (χ1v) is 8.36. The number of hydrogen-bond donors (Lipinski definition) is 1. The van der Waals surface area contributed by atoms with Crippen molar-refractivity contribution in [2.45, 2.75) is 84.0 Å². The molecule has 0 atom stereocenters. The molecular formula is C20H29ClO2. The molecule has 0 spiro atoms. The van der Waals surface area contributed by atoms with E-state index in [2.05, 4.69) is 42.4 Å². The fraction of sp³-hybridized carbons (Fsp3) is 0.650. The topological polar surface area (TPSA) is 37.3 Å². The molecule has 0 saturated carbocycles. The summed E-state index contributed by atoms with van der Waals surface area (Å²) in [5.41, 5.74) is 0. The van der Waals surface area contributed by atoms with Gasteiger partial charge in [0.2, 0.25) is 0 Å². The zero-order valence-electron chi connectivity index (χ0n) is 14.2.